The van der Waals surface area contributed by atoms with Crippen LogP contribution in [0.3, 0.4) is 0 Å². The molecule has 1 N–H and O–H groups in total. The highest BCUT2D eigenvalue weighted by atomic mass is 32.1. The quantitative estimate of drug-likeness (QED) is 0.186. The highest BCUT2D eigenvalue weighted by Gasteiger charge is 2.13. The fraction of sp³-hybridized carbons (Fsp3) is 0.522. The predicted molar refractivity (Wildman–Crippen MR) is 126 cm³/mol. The second-order valence-corrected chi connectivity index (χ2v) is 8.33. The van der Waals surface area contributed by atoms with Gasteiger partial charge in [-0.25, -0.2) is 9.78 Å². The molecule has 8 nitrogen and oxygen atoms in total. The van der Waals surface area contributed by atoms with Crippen LogP contribution in [0.1, 0.15) is 30.7 Å². The number of rotatable bonds is 15. The van der Waals surface area contributed by atoms with Crippen molar-refractivity contribution in [1.82, 2.24) is 4.98 Å². The Kier molecular flexibility index (Phi) is 11.7. The molecule has 1 heterocycles. The fourth-order valence-corrected chi connectivity index (χ4v) is 3.74. The number of hydrogen-bond acceptors (Lipinski definition) is 9. The Hall–Kier alpha value is -2.51. The van der Waals surface area contributed by atoms with Gasteiger partial charge in [0, 0.05) is 33.0 Å². The smallest absolute Gasteiger partial charge is 0.349 e. The molecule has 2 aromatic rings. The lowest BCUT2D eigenvalue weighted by Gasteiger charge is -2.11. The number of anilines is 1. The first-order valence-corrected chi connectivity index (χ1v) is 11.5. The summed E-state index contributed by atoms with van der Waals surface area (Å²) in [7, 11) is 3.93. The van der Waals surface area contributed by atoms with Gasteiger partial charge in [-0.15, -0.1) is 11.3 Å². The minimum absolute atomic E-state index is 0.0606. The topological polar surface area (TPSA) is 105 Å². The Balaban J connectivity index is 1.69. The molecule has 0 atom stereocenters. The number of hydrogen-bond donors (Lipinski definition) is 1. The standard InChI is InChI=1S/C23H31N3O5S/c1-26(2)19-7-8-20-21(16-19)32-22(25-20)15-18(17-24)23(28)31-14-13-30-12-11-29-10-6-4-3-5-9-27/h7-8,15-16,27H,3-6,9-14H2,1-2H3/b18-15+. The maximum atomic E-state index is 12.2. The number of carbonyl (C=O) groups excluding carboxylic acids is 1. The van der Waals surface area contributed by atoms with Crippen LogP contribution < -0.4 is 4.90 Å². The van der Waals surface area contributed by atoms with Gasteiger partial charge in [-0.1, -0.05) is 12.8 Å². The number of aliphatic hydroxyl groups excluding tert-OH is 1. The Morgan fingerprint density at radius 2 is 1.84 bits per heavy atom. The van der Waals surface area contributed by atoms with E-state index < -0.39 is 5.97 Å². The number of nitrogens with zero attached hydrogens (tertiary/aromatic N) is 3. The van der Waals surface area contributed by atoms with E-state index in [0.717, 1.165) is 41.6 Å². The van der Waals surface area contributed by atoms with E-state index in [2.05, 4.69) is 4.98 Å². The Morgan fingerprint density at radius 3 is 2.56 bits per heavy atom. The summed E-state index contributed by atoms with van der Waals surface area (Å²) in [4.78, 5) is 18.6. The third-order valence-corrected chi connectivity index (χ3v) is 5.51. The molecule has 9 heteroatoms. The molecule has 1 aromatic carbocycles. The maximum Gasteiger partial charge on any atom is 0.349 e. The molecule has 174 valence electrons. The Labute approximate surface area is 193 Å². The number of esters is 1. The number of fused-ring (bicyclic) bond motifs is 1. The Morgan fingerprint density at radius 1 is 1.12 bits per heavy atom. The number of carbonyl (C=O) groups is 1. The van der Waals surface area contributed by atoms with E-state index in [1.54, 1.807) is 0 Å². The average molecular weight is 462 g/mol. The van der Waals surface area contributed by atoms with Crippen LogP contribution >= 0.6 is 11.3 Å². The van der Waals surface area contributed by atoms with E-state index in [-0.39, 0.29) is 25.4 Å². The molecular weight excluding hydrogens is 430 g/mol. The van der Waals surface area contributed by atoms with Crippen molar-refractivity contribution in [3.8, 4) is 6.07 Å². The van der Waals surface area contributed by atoms with Gasteiger partial charge in [0.25, 0.3) is 0 Å². The summed E-state index contributed by atoms with van der Waals surface area (Å²) in [6.07, 6.45) is 5.31. The van der Waals surface area contributed by atoms with Crippen LogP contribution in [0.25, 0.3) is 16.3 Å². The first-order chi connectivity index (χ1) is 15.5. The van der Waals surface area contributed by atoms with Crippen molar-refractivity contribution in [2.45, 2.75) is 25.7 Å². The van der Waals surface area contributed by atoms with Crippen molar-refractivity contribution in [3.05, 3.63) is 28.8 Å². The molecular formula is C23H31N3O5S. The third-order valence-electron chi connectivity index (χ3n) is 4.54. The van der Waals surface area contributed by atoms with Gasteiger partial charge < -0.3 is 24.2 Å². The number of thiazole rings is 1. The van der Waals surface area contributed by atoms with Gasteiger partial charge in [-0.3, -0.25) is 0 Å². The van der Waals surface area contributed by atoms with Gasteiger partial charge in [0.15, 0.2) is 0 Å². The lowest BCUT2D eigenvalue weighted by Crippen LogP contribution is -2.14. The lowest BCUT2D eigenvalue weighted by molar-refractivity contribution is -0.140. The second kappa shape index (κ2) is 14.5. The average Bonchev–Trinajstić information content (AvgIpc) is 3.19. The Bertz CT molecular complexity index is 920. The molecule has 0 fully saturated rings. The molecule has 0 aliphatic heterocycles. The number of benzene rings is 1. The van der Waals surface area contributed by atoms with Crippen molar-refractivity contribution in [3.63, 3.8) is 0 Å². The predicted octanol–water partition coefficient (Wildman–Crippen LogP) is 3.40. The number of aliphatic hydroxyl groups is 1. The first-order valence-electron chi connectivity index (χ1n) is 10.7. The van der Waals surface area contributed by atoms with Crippen LogP contribution in [0, 0.1) is 11.3 Å². The molecule has 0 amide bonds. The number of ether oxygens (including phenoxy) is 3. The van der Waals surface area contributed by atoms with E-state index in [9.17, 15) is 10.1 Å². The largest absolute Gasteiger partial charge is 0.459 e. The lowest BCUT2D eigenvalue weighted by atomic mass is 10.2. The molecule has 0 saturated carbocycles. The van der Waals surface area contributed by atoms with Crippen LogP contribution in [0.5, 0.6) is 0 Å². The van der Waals surface area contributed by atoms with Crippen LogP contribution in [0.2, 0.25) is 0 Å². The van der Waals surface area contributed by atoms with E-state index in [1.807, 2.05) is 43.3 Å². The van der Waals surface area contributed by atoms with E-state index >= 15 is 0 Å². The van der Waals surface area contributed by atoms with Crippen LogP contribution in [-0.2, 0) is 19.0 Å². The summed E-state index contributed by atoms with van der Waals surface area (Å²) in [5.41, 5.74) is 1.78. The molecule has 0 aliphatic rings. The highest BCUT2D eigenvalue weighted by Crippen LogP contribution is 2.27. The van der Waals surface area contributed by atoms with Gasteiger partial charge in [0.1, 0.15) is 23.3 Å². The number of aromatic nitrogens is 1. The third kappa shape index (κ3) is 8.93. The molecule has 0 spiro atoms. The van der Waals surface area contributed by atoms with Gasteiger partial charge in [0.05, 0.1) is 30.0 Å². The molecule has 0 bridgehead atoms. The molecule has 2 rings (SSSR count). The van der Waals surface area contributed by atoms with Gasteiger partial charge in [0.2, 0.25) is 0 Å². The van der Waals surface area contributed by atoms with Crippen molar-refractivity contribution in [2.75, 3.05) is 58.6 Å². The zero-order chi connectivity index (χ0) is 23.2. The SMILES string of the molecule is CN(C)c1ccc2nc(/C=C(\C#N)C(=O)OCCOCCOCCCCCCO)sc2c1. The summed E-state index contributed by atoms with van der Waals surface area (Å²) in [6, 6.07) is 7.80. The van der Waals surface area contributed by atoms with Crippen LogP contribution in [0.15, 0.2) is 23.8 Å². The van der Waals surface area contributed by atoms with Gasteiger partial charge in [-0.2, -0.15) is 5.26 Å². The van der Waals surface area contributed by atoms with Crippen molar-refractivity contribution >= 4 is 39.3 Å². The summed E-state index contributed by atoms with van der Waals surface area (Å²) < 4.78 is 16.9. The van der Waals surface area contributed by atoms with Crippen molar-refractivity contribution in [2.24, 2.45) is 0 Å². The molecule has 0 aliphatic carbocycles. The second-order valence-electron chi connectivity index (χ2n) is 7.27. The summed E-state index contributed by atoms with van der Waals surface area (Å²) in [5.74, 6) is -0.691. The van der Waals surface area contributed by atoms with E-state index in [4.69, 9.17) is 19.3 Å². The first kappa shape index (κ1) is 25.7. The normalized spacial score (nSPS) is 11.5. The number of nitriles is 1. The van der Waals surface area contributed by atoms with E-state index in [1.165, 1.54) is 17.4 Å². The summed E-state index contributed by atoms with van der Waals surface area (Å²) in [5, 5.41) is 18.6. The van der Waals surface area contributed by atoms with Gasteiger partial charge >= 0.3 is 5.97 Å². The molecule has 32 heavy (non-hydrogen) atoms. The molecule has 0 radical (unpaired) electrons. The fourth-order valence-electron chi connectivity index (χ4n) is 2.79. The monoisotopic (exact) mass is 461 g/mol. The van der Waals surface area contributed by atoms with Crippen molar-refractivity contribution < 1.29 is 24.1 Å². The summed E-state index contributed by atoms with van der Waals surface area (Å²) in [6.45, 7) is 2.09. The highest BCUT2D eigenvalue weighted by molar-refractivity contribution is 7.19. The summed E-state index contributed by atoms with van der Waals surface area (Å²) >= 11 is 1.41. The minimum atomic E-state index is -0.691. The number of unbranched alkanes of at least 4 members (excludes halogenated alkanes) is 3. The zero-order valence-corrected chi connectivity index (χ0v) is 19.5. The van der Waals surface area contributed by atoms with E-state index in [0.29, 0.717) is 24.8 Å². The van der Waals surface area contributed by atoms with Gasteiger partial charge in [-0.05, 0) is 37.1 Å². The maximum absolute atomic E-state index is 12.2. The van der Waals surface area contributed by atoms with Crippen LogP contribution in [-0.4, -0.2) is 69.8 Å². The molecule has 1 aromatic heterocycles. The van der Waals surface area contributed by atoms with Crippen LogP contribution in [0.4, 0.5) is 5.69 Å². The minimum Gasteiger partial charge on any atom is -0.459 e. The molecule has 0 saturated heterocycles. The zero-order valence-electron chi connectivity index (χ0n) is 18.7. The molecule has 0 unspecified atom stereocenters. The van der Waals surface area contributed by atoms with Crippen molar-refractivity contribution in [1.29, 1.82) is 5.26 Å².